The number of benzene rings is 4. The van der Waals surface area contributed by atoms with Crippen LogP contribution in [0, 0.1) is 0 Å². The maximum Gasteiger partial charge on any atom is 0.392 e. The third-order valence-electron chi connectivity index (χ3n) is 10.8. The van der Waals surface area contributed by atoms with Crippen LogP contribution in [-0.4, -0.2) is 101 Å². The molecule has 4 aromatic rings. The summed E-state index contributed by atoms with van der Waals surface area (Å²) in [6, 6.07) is 16.0. The molecule has 0 saturated carbocycles. The number of rotatable bonds is 13. The fourth-order valence-electron chi connectivity index (χ4n) is 7.50. The van der Waals surface area contributed by atoms with Gasteiger partial charge in [-0.05, 0) is 68.4 Å². The zero-order valence-electron chi connectivity index (χ0n) is 32.9. The number of methoxy groups -OCH3 is 2. The first kappa shape index (κ1) is 41.9. The van der Waals surface area contributed by atoms with Gasteiger partial charge in [0.2, 0.25) is 12.6 Å². The number of nitrogens with two attached hydrogens (primary N) is 1. The van der Waals surface area contributed by atoms with Crippen molar-refractivity contribution in [3.05, 3.63) is 100 Å². The number of aliphatic hydroxyl groups excluding tert-OH is 1. The summed E-state index contributed by atoms with van der Waals surface area (Å²) < 4.78 is 45.1. The van der Waals surface area contributed by atoms with E-state index in [4.69, 9.17) is 43.6 Å². The highest BCUT2D eigenvalue weighted by molar-refractivity contribution is 6.31. The number of hydrogen-bond donors (Lipinski definition) is 5. The van der Waals surface area contributed by atoms with Crippen LogP contribution in [0.15, 0.2) is 66.7 Å². The third-order valence-corrected chi connectivity index (χ3v) is 10.8. The lowest BCUT2D eigenvalue weighted by atomic mass is 9.72. The molecule has 1 saturated heterocycles. The molecule has 2 aliphatic carbocycles. The Morgan fingerprint density at radius 1 is 0.867 bits per heavy atom. The van der Waals surface area contributed by atoms with E-state index in [2.05, 4.69) is 0 Å². The van der Waals surface area contributed by atoms with E-state index >= 15 is 0 Å². The molecule has 60 heavy (non-hydrogen) atoms. The van der Waals surface area contributed by atoms with Crippen LogP contribution in [-0.2, 0) is 30.2 Å². The number of carbonyl (C=O) groups excluding carboxylic acids is 4. The molecule has 0 radical (unpaired) electrons. The standard InChI is InChI=1S/C43H43NO16/c1-20-36(46)28(44)16-31(57-20)60-30-18-43(52,21(2)45)17-27-33(30)40(50)35-34(38(27)48)37(47)26-6-5-7-29(32(26)39(35)49)55-19-56-41(51)42(58-24-12-8-22(53-3)9-13-24)59-25-14-10-23(54-4)11-15-25/h5-15,20,28,30-31,36,42,46,48,50,52H,16-19,44H2,1-4H3/t20?,28?,30-,31?,36?,43-/m0/s1. The summed E-state index contributed by atoms with van der Waals surface area (Å²) in [5, 5.41) is 45.3. The summed E-state index contributed by atoms with van der Waals surface area (Å²) in [4.78, 5) is 54.7. The lowest BCUT2D eigenvalue weighted by molar-refractivity contribution is -0.247. The molecule has 4 aromatic carbocycles. The van der Waals surface area contributed by atoms with Crippen molar-refractivity contribution < 1.29 is 77.5 Å². The minimum atomic E-state index is -2.10. The summed E-state index contributed by atoms with van der Waals surface area (Å²) >= 11 is 0. The molecule has 0 bridgehead atoms. The summed E-state index contributed by atoms with van der Waals surface area (Å²) in [5.41, 5.74) is 2.02. The summed E-state index contributed by atoms with van der Waals surface area (Å²) in [7, 11) is 2.99. The van der Waals surface area contributed by atoms with Crippen LogP contribution in [0.2, 0.25) is 0 Å². The van der Waals surface area contributed by atoms with Crippen LogP contribution >= 0.6 is 0 Å². The number of phenols is 2. The fourth-order valence-corrected chi connectivity index (χ4v) is 7.50. The minimum absolute atomic E-state index is 0.00838. The quantitative estimate of drug-likeness (QED) is 0.0648. The average molecular weight is 830 g/mol. The van der Waals surface area contributed by atoms with Gasteiger partial charge in [0.25, 0.3) is 0 Å². The van der Waals surface area contributed by atoms with Gasteiger partial charge in [-0.25, -0.2) is 4.79 Å². The average Bonchev–Trinajstić information content (AvgIpc) is 3.23. The summed E-state index contributed by atoms with van der Waals surface area (Å²) in [6.07, 6.45) is -6.82. The Morgan fingerprint density at radius 2 is 1.45 bits per heavy atom. The van der Waals surface area contributed by atoms with Crippen molar-refractivity contribution in [2.24, 2.45) is 5.73 Å². The molecule has 1 heterocycles. The van der Waals surface area contributed by atoms with Crippen LogP contribution in [0.3, 0.4) is 0 Å². The SMILES string of the molecule is COc1ccc(OC(Oc2ccc(OC)cc2)C(=O)OCOc2cccc3c2C(=O)c2c(O)c4c(c(O)c2C3=O)C[C@@](O)(C(C)=O)C[C@@H]4OC2CC(N)C(O)C(C)O2)cc1. The number of esters is 1. The fraction of sp³-hybridized carbons (Fsp3) is 0.349. The zero-order valence-corrected chi connectivity index (χ0v) is 32.9. The van der Waals surface area contributed by atoms with Crippen molar-refractivity contribution in [3.8, 4) is 40.2 Å². The number of aliphatic hydroxyl groups is 2. The molecule has 3 aliphatic rings. The van der Waals surface area contributed by atoms with Gasteiger partial charge in [-0.15, -0.1) is 0 Å². The van der Waals surface area contributed by atoms with E-state index < -0.39 is 108 Å². The molecular weight excluding hydrogens is 786 g/mol. The van der Waals surface area contributed by atoms with Crippen molar-refractivity contribution in [2.45, 2.75) is 75.6 Å². The molecule has 4 unspecified atom stereocenters. The normalized spacial score (nSPS) is 23.2. The van der Waals surface area contributed by atoms with Crippen LogP contribution < -0.4 is 29.4 Å². The highest BCUT2D eigenvalue weighted by Gasteiger charge is 2.49. The molecule has 316 valence electrons. The van der Waals surface area contributed by atoms with Gasteiger partial charge in [0, 0.05) is 42.0 Å². The van der Waals surface area contributed by atoms with Gasteiger partial charge in [0.05, 0.1) is 49.2 Å². The van der Waals surface area contributed by atoms with E-state index in [1.807, 2.05) is 0 Å². The van der Waals surface area contributed by atoms with Crippen molar-refractivity contribution in [2.75, 3.05) is 21.0 Å². The van der Waals surface area contributed by atoms with Crippen LogP contribution in [0.1, 0.15) is 75.8 Å². The number of fused-ring (bicyclic) bond motifs is 3. The minimum Gasteiger partial charge on any atom is -0.507 e. The van der Waals surface area contributed by atoms with E-state index in [1.54, 1.807) is 55.5 Å². The molecule has 6 N–H and O–H groups in total. The lowest BCUT2D eigenvalue weighted by Crippen LogP contribution is -2.52. The van der Waals surface area contributed by atoms with Gasteiger partial charge >= 0.3 is 12.3 Å². The number of ether oxygens (including phenoxy) is 8. The Balaban J connectivity index is 1.16. The van der Waals surface area contributed by atoms with Crippen molar-refractivity contribution in [1.29, 1.82) is 0 Å². The Labute approximate surface area is 343 Å². The van der Waals surface area contributed by atoms with E-state index in [1.165, 1.54) is 32.4 Å². The van der Waals surface area contributed by atoms with E-state index in [-0.39, 0.29) is 45.9 Å². The number of carbonyl (C=O) groups is 4. The Hall–Kier alpha value is -6.24. The second-order valence-corrected chi connectivity index (χ2v) is 14.6. The van der Waals surface area contributed by atoms with E-state index in [0.717, 1.165) is 6.92 Å². The van der Waals surface area contributed by atoms with Gasteiger partial charge in [-0.2, -0.15) is 0 Å². The molecule has 0 spiro atoms. The first-order chi connectivity index (χ1) is 28.6. The molecule has 7 rings (SSSR count). The van der Waals surface area contributed by atoms with Crippen LogP contribution in [0.4, 0.5) is 0 Å². The number of Topliss-reactive ketones (excluding diaryl/α,β-unsaturated/α-hetero) is 1. The van der Waals surface area contributed by atoms with Crippen LogP contribution in [0.5, 0.6) is 40.2 Å². The largest absolute Gasteiger partial charge is 0.507 e. The van der Waals surface area contributed by atoms with Crippen molar-refractivity contribution in [1.82, 2.24) is 0 Å². The predicted octanol–water partition coefficient (Wildman–Crippen LogP) is 3.40. The number of hydrogen-bond acceptors (Lipinski definition) is 17. The highest BCUT2D eigenvalue weighted by Crippen LogP contribution is 2.52. The monoisotopic (exact) mass is 829 g/mol. The lowest BCUT2D eigenvalue weighted by Gasteiger charge is -2.42. The van der Waals surface area contributed by atoms with Crippen molar-refractivity contribution in [3.63, 3.8) is 0 Å². The number of aromatic hydroxyl groups is 2. The van der Waals surface area contributed by atoms with Gasteiger partial charge in [0.1, 0.15) is 45.8 Å². The van der Waals surface area contributed by atoms with E-state index in [9.17, 15) is 39.6 Å². The first-order valence-corrected chi connectivity index (χ1v) is 18.9. The Bertz CT molecular complexity index is 2250. The molecule has 17 heteroatoms. The van der Waals surface area contributed by atoms with Gasteiger partial charge < -0.3 is 64.1 Å². The maximum atomic E-state index is 14.4. The zero-order chi connectivity index (χ0) is 43.0. The molecule has 17 nitrogen and oxygen atoms in total. The molecule has 0 amide bonds. The topological polar surface area (TPSA) is 249 Å². The molecule has 6 atom stereocenters. The smallest absolute Gasteiger partial charge is 0.392 e. The van der Waals surface area contributed by atoms with Crippen LogP contribution in [0.25, 0.3) is 0 Å². The third kappa shape index (κ3) is 7.92. The highest BCUT2D eigenvalue weighted by atomic mass is 16.7. The summed E-state index contributed by atoms with van der Waals surface area (Å²) in [6.45, 7) is 1.93. The second kappa shape index (κ2) is 16.8. The van der Waals surface area contributed by atoms with Gasteiger partial charge in [-0.1, -0.05) is 12.1 Å². The van der Waals surface area contributed by atoms with Gasteiger partial charge in [-0.3, -0.25) is 14.4 Å². The molecular formula is C43H43NO16. The molecule has 1 fully saturated rings. The van der Waals surface area contributed by atoms with E-state index in [0.29, 0.717) is 11.5 Å². The maximum absolute atomic E-state index is 14.4. The number of ketones is 3. The number of phenolic OH excluding ortho intramolecular Hbond substituents is 2. The van der Waals surface area contributed by atoms with Gasteiger partial charge in [0.15, 0.2) is 17.9 Å². The Kier molecular flexibility index (Phi) is 11.7. The summed E-state index contributed by atoms with van der Waals surface area (Å²) in [5.74, 6) is -3.64. The molecule has 0 aromatic heterocycles. The first-order valence-electron chi connectivity index (χ1n) is 18.9. The van der Waals surface area contributed by atoms with Crippen molar-refractivity contribution >= 4 is 23.3 Å². The second-order valence-electron chi connectivity index (χ2n) is 14.6. The Morgan fingerprint density at radius 3 is 2.02 bits per heavy atom. The predicted molar refractivity (Wildman–Crippen MR) is 206 cm³/mol. The molecule has 1 aliphatic heterocycles.